The van der Waals surface area contributed by atoms with Crippen molar-refractivity contribution in [1.29, 1.82) is 0 Å². The number of nitrogens with zero attached hydrogens (tertiary/aromatic N) is 2. The lowest BCUT2D eigenvalue weighted by Crippen LogP contribution is -2.50. The highest BCUT2D eigenvalue weighted by molar-refractivity contribution is 5.98. The number of Topliss-reactive ketones (excluding diaryl/α,β-unsaturated/α-hetero) is 1. The van der Waals surface area contributed by atoms with Gasteiger partial charge in [0.1, 0.15) is 0 Å². The predicted octanol–water partition coefficient (Wildman–Crippen LogP) is 1.66. The minimum atomic E-state index is -0.289. The van der Waals surface area contributed by atoms with Crippen LogP contribution in [0.1, 0.15) is 17.3 Å². The lowest BCUT2D eigenvalue weighted by atomic mass is 10.1. The monoisotopic (exact) mass is 336 g/mol. The molecule has 1 aromatic carbocycles. The van der Waals surface area contributed by atoms with Crippen LogP contribution in [-0.2, 0) is 4.74 Å². The van der Waals surface area contributed by atoms with Gasteiger partial charge in [0.25, 0.3) is 0 Å². The van der Waals surface area contributed by atoms with Crippen LogP contribution in [0.4, 0.5) is 4.79 Å². The van der Waals surface area contributed by atoms with Crippen LogP contribution >= 0.6 is 0 Å². The van der Waals surface area contributed by atoms with Crippen LogP contribution in [0.3, 0.4) is 0 Å². The van der Waals surface area contributed by atoms with E-state index in [1.165, 1.54) is 0 Å². The maximum atomic E-state index is 12.5. The number of methoxy groups -OCH3 is 2. The minimum absolute atomic E-state index is 0.0144. The normalized spacial score (nSPS) is 15.0. The van der Waals surface area contributed by atoms with E-state index >= 15 is 0 Å². The van der Waals surface area contributed by atoms with E-state index in [1.54, 1.807) is 44.2 Å². The minimum Gasteiger partial charge on any atom is -0.493 e. The number of rotatable bonds is 6. The van der Waals surface area contributed by atoms with E-state index in [9.17, 15) is 9.59 Å². The van der Waals surface area contributed by atoms with Gasteiger partial charge in [-0.15, -0.1) is 0 Å². The van der Waals surface area contributed by atoms with Crippen LogP contribution in [0.25, 0.3) is 0 Å². The van der Waals surface area contributed by atoms with Gasteiger partial charge in [0.15, 0.2) is 17.3 Å². The zero-order chi connectivity index (χ0) is 17.5. The maximum absolute atomic E-state index is 12.5. The summed E-state index contributed by atoms with van der Waals surface area (Å²) < 4.78 is 15.4. The summed E-state index contributed by atoms with van der Waals surface area (Å²) in [5, 5.41) is 0. The number of carbonyl (C=O) groups is 2. The number of piperazine rings is 1. The van der Waals surface area contributed by atoms with E-state index in [0.29, 0.717) is 56.4 Å². The highest BCUT2D eigenvalue weighted by Gasteiger charge is 2.23. The Balaban J connectivity index is 1.91. The smallest absolute Gasteiger partial charge is 0.409 e. The molecule has 0 bridgehead atoms. The van der Waals surface area contributed by atoms with Crippen molar-refractivity contribution in [3.8, 4) is 11.5 Å². The summed E-state index contributed by atoms with van der Waals surface area (Å²) >= 11 is 0. The van der Waals surface area contributed by atoms with Gasteiger partial charge >= 0.3 is 6.09 Å². The summed E-state index contributed by atoms with van der Waals surface area (Å²) in [7, 11) is 3.10. The van der Waals surface area contributed by atoms with Gasteiger partial charge in [-0.25, -0.2) is 4.79 Å². The summed E-state index contributed by atoms with van der Waals surface area (Å²) in [5.74, 6) is 1.15. The summed E-state index contributed by atoms with van der Waals surface area (Å²) in [6.45, 7) is 4.91. The molecule has 1 fully saturated rings. The van der Waals surface area contributed by atoms with Crippen LogP contribution in [0.2, 0.25) is 0 Å². The number of hydrogen-bond acceptors (Lipinski definition) is 6. The molecule has 0 aliphatic carbocycles. The molecule has 0 N–H and O–H groups in total. The zero-order valence-electron chi connectivity index (χ0n) is 14.4. The average molecular weight is 336 g/mol. The van der Waals surface area contributed by atoms with Gasteiger partial charge in [-0.2, -0.15) is 0 Å². The molecule has 1 heterocycles. The Morgan fingerprint density at radius 2 is 1.71 bits per heavy atom. The molecule has 0 atom stereocenters. The van der Waals surface area contributed by atoms with Gasteiger partial charge in [-0.3, -0.25) is 9.69 Å². The van der Waals surface area contributed by atoms with Crippen molar-refractivity contribution >= 4 is 11.9 Å². The fraction of sp³-hybridized carbons (Fsp3) is 0.529. The van der Waals surface area contributed by atoms with E-state index in [-0.39, 0.29) is 11.9 Å². The molecule has 0 unspecified atom stereocenters. The lowest BCUT2D eigenvalue weighted by Gasteiger charge is -2.33. The van der Waals surface area contributed by atoms with E-state index in [4.69, 9.17) is 14.2 Å². The van der Waals surface area contributed by atoms with Gasteiger partial charge in [0.05, 0.1) is 27.4 Å². The second-order valence-electron chi connectivity index (χ2n) is 5.46. The Bertz CT molecular complexity index is 582. The van der Waals surface area contributed by atoms with Crippen molar-refractivity contribution in [3.05, 3.63) is 23.8 Å². The number of carbonyl (C=O) groups excluding carboxylic acids is 2. The lowest BCUT2D eigenvalue weighted by molar-refractivity contribution is 0.0733. The van der Waals surface area contributed by atoms with Crippen LogP contribution in [0.5, 0.6) is 11.5 Å². The van der Waals surface area contributed by atoms with Crippen LogP contribution in [0, 0.1) is 0 Å². The predicted molar refractivity (Wildman–Crippen MR) is 88.9 cm³/mol. The van der Waals surface area contributed by atoms with Gasteiger partial charge in [0.2, 0.25) is 0 Å². The molecule has 24 heavy (non-hydrogen) atoms. The van der Waals surface area contributed by atoms with Gasteiger partial charge < -0.3 is 19.1 Å². The summed E-state index contributed by atoms with van der Waals surface area (Å²) in [5.41, 5.74) is 0.584. The standard InChI is InChI=1S/C17H24N2O5/c1-4-24-17(21)19-9-7-18(8-10-19)12-14(20)13-5-6-15(22-2)16(11-13)23-3/h5-6,11H,4,7-10,12H2,1-3H3. The van der Waals surface area contributed by atoms with Crippen molar-refractivity contribution in [3.63, 3.8) is 0 Å². The van der Waals surface area contributed by atoms with E-state index in [0.717, 1.165) is 0 Å². The van der Waals surface area contributed by atoms with Crippen LogP contribution in [-0.4, -0.2) is 75.2 Å². The van der Waals surface area contributed by atoms with E-state index in [1.807, 2.05) is 4.90 Å². The molecule has 1 aromatic rings. The number of benzene rings is 1. The van der Waals surface area contributed by atoms with Gasteiger partial charge in [-0.05, 0) is 25.1 Å². The first-order valence-corrected chi connectivity index (χ1v) is 7.98. The second-order valence-corrected chi connectivity index (χ2v) is 5.46. The fourth-order valence-electron chi connectivity index (χ4n) is 2.61. The quantitative estimate of drug-likeness (QED) is 0.736. The zero-order valence-corrected chi connectivity index (χ0v) is 14.4. The molecule has 0 saturated carbocycles. The molecule has 7 nitrogen and oxygen atoms in total. The molecule has 0 radical (unpaired) electrons. The molecule has 0 spiro atoms. The number of ketones is 1. The molecule has 132 valence electrons. The van der Waals surface area contributed by atoms with Crippen molar-refractivity contribution in [2.45, 2.75) is 6.92 Å². The summed E-state index contributed by atoms with van der Waals surface area (Å²) in [6, 6.07) is 5.15. The SMILES string of the molecule is CCOC(=O)N1CCN(CC(=O)c2ccc(OC)c(OC)c2)CC1. The average Bonchev–Trinajstić information content (AvgIpc) is 2.61. The Kier molecular flexibility index (Phi) is 6.43. The van der Waals surface area contributed by atoms with Crippen molar-refractivity contribution in [2.75, 3.05) is 53.6 Å². The van der Waals surface area contributed by atoms with Crippen molar-refractivity contribution < 1.29 is 23.8 Å². The molecule has 1 aliphatic rings. The third-order valence-electron chi connectivity index (χ3n) is 3.97. The summed E-state index contributed by atoms with van der Waals surface area (Å²) in [6.07, 6.45) is -0.289. The molecule has 1 amide bonds. The van der Waals surface area contributed by atoms with Gasteiger partial charge in [-0.1, -0.05) is 0 Å². The maximum Gasteiger partial charge on any atom is 0.409 e. The Hall–Kier alpha value is -2.28. The first kappa shape index (κ1) is 18.1. The third kappa shape index (κ3) is 4.38. The van der Waals surface area contributed by atoms with E-state index < -0.39 is 0 Å². The first-order valence-electron chi connectivity index (χ1n) is 7.98. The highest BCUT2D eigenvalue weighted by atomic mass is 16.6. The molecule has 2 rings (SSSR count). The first-order chi connectivity index (χ1) is 11.6. The largest absolute Gasteiger partial charge is 0.493 e. The number of hydrogen-bond donors (Lipinski definition) is 0. The molecule has 1 saturated heterocycles. The molecule has 0 aromatic heterocycles. The second kappa shape index (κ2) is 8.54. The molecule has 1 aliphatic heterocycles. The molecular formula is C17H24N2O5. The number of ether oxygens (including phenoxy) is 3. The number of amides is 1. The summed E-state index contributed by atoms with van der Waals surface area (Å²) in [4.78, 5) is 27.8. The van der Waals surface area contributed by atoms with Crippen molar-refractivity contribution in [2.24, 2.45) is 0 Å². The topological polar surface area (TPSA) is 68.3 Å². The fourth-order valence-corrected chi connectivity index (χ4v) is 2.61. The molecule has 7 heteroatoms. The third-order valence-corrected chi connectivity index (χ3v) is 3.97. The Morgan fingerprint density at radius 3 is 2.29 bits per heavy atom. The Labute approximate surface area is 142 Å². The van der Waals surface area contributed by atoms with Gasteiger partial charge in [0, 0.05) is 31.7 Å². The van der Waals surface area contributed by atoms with Crippen LogP contribution < -0.4 is 9.47 Å². The van der Waals surface area contributed by atoms with E-state index in [2.05, 4.69) is 0 Å². The highest BCUT2D eigenvalue weighted by Crippen LogP contribution is 2.27. The molecular weight excluding hydrogens is 312 g/mol. The van der Waals surface area contributed by atoms with Crippen molar-refractivity contribution in [1.82, 2.24) is 9.80 Å². The Morgan fingerprint density at radius 1 is 1.04 bits per heavy atom. The van der Waals surface area contributed by atoms with Crippen LogP contribution in [0.15, 0.2) is 18.2 Å².